The van der Waals surface area contributed by atoms with Gasteiger partial charge < -0.3 is 4.90 Å². The molecule has 0 spiro atoms. The summed E-state index contributed by atoms with van der Waals surface area (Å²) in [5, 5.41) is 0.931. The lowest BCUT2D eigenvalue weighted by molar-refractivity contribution is -0.136. The molecule has 2 atom stereocenters. The zero-order chi connectivity index (χ0) is 18.3. The van der Waals surface area contributed by atoms with Crippen LogP contribution < -0.4 is 0 Å². The zero-order valence-corrected chi connectivity index (χ0v) is 15.6. The Hall–Kier alpha value is -2.09. The van der Waals surface area contributed by atoms with Crippen molar-refractivity contribution in [2.75, 3.05) is 24.6 Å². The second-order valence-electron chi connectivity index (χ2n) is 7.25. The predicted molar refractivity (Wildman–Crippen MR) is 97.4 cm³/mol. The van der Waals surface area contributed by atoms with Crippen molar-refractivity contribution in [1.82, 2.24) is 19.9 Å². The monoisotopic (exact) mass is 374 g/mol. The number of likely N-dealkylation sites (tertiary alicyclic amines) is 1. The Morgan fingerprint density at radius 3 is 2.88 bits per heavy atom. The van der Waals surface area contributed by atoms with Gasteiger partial charge >= 0.3 is 0 Å². The minimum absolute atomic E-state index is 0.00747. The number of aromatic nitrogens is 3. The fourth-order valence-corrected chi connectivity index (χ4v) is 5.79. The summed E-state index contributed by atoms with van der Waals surface area (Å²) in [5.41, 5.74) is 1.62. The van der Waals surface area contributed by atoms with E-state index >= 15 is 0 Å². The van der Waals surface area contributed by atoms with Gasteiger partial charge in [-0.05, 0) is 38.3 Å². The second kappa shape index (κ2) is 6.57. The van der Waals surface area contributed by atoms with Crippen molar-refractivity contribution < 1.29 is 13.2 Å². The number of amides is 1. The summed E-state index contributed by atoms with van der Waals surface area (Å²) >= 11 is 0. The molecule has 0 N–H and O–H groups in total. The Morgan fingerprint density at radius 1 is 1.27 bits per heavy atom. The quantitative estimate of drug-likeness (QED) is 0.790. The Labute approximate surface area is 152 Å². The number of hydrogen-bond donors (Lipinski definition) is 0. The first-order valence-corrected chi connectivity index (χ1v) is 10.8. The SMILES string of the molecule is Cc1nc([C@@H]2CCCN(C(=O)[C@@H]3CCS(=O)(=O)C3)C2)c2cccnc2n1. The average molecular weight is 374 g/mol. The van der Waals surface area contributed by atoms with Gasteiger partial charge in [0.25, 0.3) is 0 Å². The first kappa shape index (κ1) is 17.3. The maximum absolute atomic E-state index is 12.8. The minimum Gasteiger partial charge on any atom is -0.342 e. The molecule has 138 valence electrons. The molecule has 0 unspecified atom stereocenters. The van der Waals surface area contributed by atoms with Crippen LogP contribution in [0, 0.1) is 12.8 Å². The molecule has 2 aliphatic rings. The third kappa shape index (κ3) is 3.30. The number of hydrogen-bond acceptors (Lipinski definition) is 6. The fourth-order valence-electron chi connectivity index (χ4n) is 4.06. The van der Waals surface area contributed by atoms with Crippen LogP contribution in [0.25, 0.3) is 11.0 Å². The van der Waals surface area contributed by atoms with Crippen molar-refractivity contribution in [3.63, 3.8) is 0 Å². The van der Waals surface area contributed by atoms with Crippen LogP contribution in [-0.2, 0) is 14.6 Å². The first-order chi connectivity index (χ1) is 12.4. The smallest absolute Gasteiger partial charge is 0.226 e. The van der Waals surface area contributed by atoms with E-state index in [-0.39, 0.29) is 29.2 Å². The van der Waals surface area contributed by atoms with Gasteiger partial charge in [0.2, 0.25) is 5.91 Å². The van der Waals surface area contributed by atoms with Crippen LogP contribution in [0.4, 0.5) is 0 Å². The van der Waals surface area contributed by atoms with E-state index in [4.69, 9.17) is 0 Å². The van der Waals surface area contributed by atoms with Crippen LogP contribution >= 0.6 is 0 Å². The molecule has 0 radical (unpaired) electrons. The van der Waals surface area contributed by atoms with E-state index in [0.29, 0.717) is 31.0 Å². The van der Waals surface area contributed by atoms with E-state index in [0.717, 1.165) is 23.9 Å². The molecule has 1 amide bonds. The number of carbonyl (C=O) groups excluding carboxylic acids is 1. The van der Waals surface area contributed by atoms with E-state index in [2.05, 4.69) is 15.0 Å². The molecule has 2 aromatic heterocycles. The highest BCUT2D eigenvalue weighted by Gasteiger charge is 2.37. The van der Waals surface area contributed by atoms with Crippen molar-refractivity contribution in [2.45, 2.75) is 32.1 Å². The van der Waals surface area contributed by atoms with Crippen LogP contribution in [0.5, 0.6) is 0 Å². The van der Waals surface area contributed by atoms with E-state index in [1.807, 2.05) is 24.0 Å². The fraction of sp³-hybridized carbons (Fsp3) is 0.556. The van der Waals surface area contributed by atoms with Crippen LogP contribution in [-0.4, -0.2) is 58.8 Å². The van der Waals surface area contributed by atoms with Gasteiger partial charge in [-0.1, -0.05) is 0 Å². The molecule has 8 heteroatoms. The van der Waals surface area contributed by atoms with Crippen molar-refractivity contribution >= 4 is 26.8 Å². The maximum atomic E-state index is 12.8. The molecule has 0 aliphatic carbocycles. The van der Waals surface area contributed by atoms with Crippen molar-refractivity contribution in [3.8, 4) is 0 Å². The van der Waals surface area contributed by atoms with Crippen LogP contribution in [0.3, 0.4) is 0 Å². The highest BCUT2D eigenvalue weighted by atomic mass is 32.2. The molecule has 2 saturated heterocycles. The maximum Gasteiger partial charge on any atom is 0.226 e. The number of nitrogens with zero attached hydrogens (tertiary/aromatic N) is 4. The van der Waals surface area contributed by atoms with Gasteiger partial charge in [-0.25, -0.2) is 23.4 Å². The Kier molecular flexibility index (Phi) is 4.38. The summed E-state index contributed by atoms with van der Waals surface area (Å²) in [6.07, 6.45) is 4.01. The number of carbonyl (C=O) groups is 1. The highest BCUT2D eigenvalue weighted by Crippen LogP contribution is 2.31. The van der Waals surface area contributed by atoms with Crippen LogP contribution in [0.1, 0.15) is 36.7 Å². The molecule has 2 fully saturated rings. The predicted octanol–water partition coefficient (Wildman–Crippen LogP) is 1.47. The zero-order valence-electron chi connectivity index (χ0n) is 14.8. The van der Waals surface area contributed by atoms with E-state index in [9.17, 15) is 13.2 Å². The lowest BCUT2D eigenvalue weighted by atomic mass is 9.91. The van der Waals surface area contributed by atoms with Crippen LogP contribution in [0.2, 0.25) is 0 Å². The molecule has 2 aromatic rings. The van der Waals surface area contributed by atoms with E-state index < -0.39 is 9.84 Å². The summed E-state index contributed by atoms with van der Waals surface area (Å²) in [6.45, 7) is 3.12. The molecule has 2 aliphatic heterocycles. The number of sulfone groups is 1. The largest absolute Gasteiger partial charge is 0.342 e. The summed E-state index contributed by atoms with van der Waals surface area (Å²) in [5.74, 6) is 0.512. The number of fused-ring (bicyclic) bond motifs is 1. The summed E-state index contributed by atoms with van der Waals surface area (Å²) in [6, 6.07) is 3.85. The Bertz CT molecular complexity index is 960. The normalized spacial score (nSPS) is 25.5. The molecule has 4 rings (SSSR count). The van der Waals surface area contributed by atoms with Gasteiger partial charge in [-0.2, -0.15) is 0 Å². The van der Waals surface area contributed by atoms with Crippen molar-refractivity contribution in [3.05, 3.63) is 29.8 Å². The van der Waals surface area contributed by atoms with E-state index in [1.165, 1.54) is 0 Å². The Morgan fingerprint density at radius 2 is 2.12 bits per heavy atom. The molecule has 26 heavy (non-hydrogen) atoms. The molecule has 0 bridgehead atoms. The summed E-state index contributed by atoms with van der Waals surface area (Å²) < 4.78 is 23.4. The van der Waals surface area contributed by atoms with E-state index in [1.54, 1.807) is 6.20 Å². The lowest BCUT2D eigenvalue weighted by Crippen LogP contribution is -2.43. The highest BCUT2D eigenvalue weighted by molar-refractivity contribution is 7.91. The lowest BCUT2D eigenvalue weighted by Gasteiger charge is -2.34. The second-order valence-corrected chi connectivity index (χ2v) is 9.48. The average Bonchev–Trinajstić information content (AvgIpc) is 3.00. The van der Waals surface area contributed by atoms with Gasteiger partial charge in [-0.15, -0.1) is 0 Å². The summed E-state index contributed by atoms with van der Waals surface area (Å²) in [4.78, 5) is 28.0. The van der Waals surface area contributed by atoms with Crippen molar-refractivity contribution in [2.24, 2.45) is 5.92 Å². The molecule has 0 aromatic carbocycles. The van der Waals surface area contributed by atoms with Gasteiger partial charge in [0, 0.05) is 30.6 Å². The standard InChI is InChI=1S/C18H22N4O3S/c1-12-20-16(15-5-2-7-19-17(15)21-12)13-4-3-8-22(10-13)18(23)14-6-9-26(24,25)11-14/h2,5,7,13-14H,3-4,6,8-11H2,1H3/t13-,14-/m1/s1. The number of rotatable bonds is 2. The number of aryl methyl sites for hydroxylation is 1. The van der Waals surface area contributed by atoms with Crippen molar-refractivity contribution in [1.29, 1.82) is 0 Å². The minimum atomic E-state index is -3.06. The summed E-state index contributed by atoms with van der Waals surface area (Å²) in [7, 11) is -3.06. The first-order valence-electron chi connectivity index (χ1n) is 9.01. The molecule has 0 saturated carbocycles. The van der Waals surface area contributed by atoms with Gasteiger partial charge in [-0.3, -0.25) is 4.79 Å². The number of pyridine rings is 1. The Balaban J connectivity index is 1.59. The molecular weight excluding hydrogens is 352 g/mol. The molecule has 7 nitrogen and oxygen atoms in total. The van der Waals surface area contributed by atoms with Crippen LogP contribution in [0.15, 0.2) is 18.3 Å². The third-order valence-corrected chi connectivity index (χ3v) is 7.08. The van der Waals surface area contributed by atoms with Gasteiger partial charge in [0.05, 0.1) is 23.1 Å². The van der Waals surface area contributed by atoms with Gasteiger partial charge in [0.15, 0.2) is 15.5 Å². The molecular formula is C18H22N4O3S. The third-order valence-electron chi connectivity index (χ3n) is 5.31. The number of piperidine rings is 1. The topological polar surface area (TPSA) is 93.1 Å². The van der Waals surface area contributed by atoms with Gasteiger partial charge in [0.1, 0.15) is 5.82 Å². The molecule has 4 heterocycles.